The van der Waals surface area contributed by atoms with Gasteiger partial charge in [-0.3, -0.25) is 4.79 Å². The highest BCUT2D eigenvalue weighted by molar-refractivity contribution is 6.07. The van der Waals surface area contributed by atoms with Crippen LogP contribution in [0.2, 0.25) is 0 Å². The normalized spacial score (nSPS) is 14.4. The number of hydrogen-bond donors (Lipinski definition) is 1. The third-order valence-corrected chi connectivity index (χ3v) is 3.03. The molecule has 0 spiro atoms. The van der Waals surface area contributed by atoms with Crippen molar-refractivity contribution in [3.8, 4) is 5.75 Å². The monoisotopic (exact) mass is 257 g/mol. The lowest BCUT2D eigenvalue weighted by molar-refractivity contribution is 0.101. The van der Waals surface area contributed by atoms with Crippen LogP contribution in [0.3, 0.4) is 0 Å². The Bertz CT molecular complexity index is 582. The minimum atomic E-state index is -0.141. The maximum Gasteiger partial charge on any atom is 0.228 e. The van der Waals surface area contributed by atoms with Gasteiger partial charge in [-0.25, -0.2) is 0 Å². The van der Waals surface area contributed by atoms with Crippen LogP contribution in [0.4, 0.5) is 0 Å². The van der Waals surface area contributed by atoms with Gasteiger partial charge >= 0.3 is 0 Å². The van der Waals surface area contributed by atoms with Crippen LogP contribution in [-0.2, 0) is 6.54 Å². The molecule has 0 atom stereocenters. The third kappa shape index (κ3) is 2.69. The largest absolute Gasteiger partial charge is 0.490 e. The minimum absolute atomic E-state index is 0.141. The molecule has 1 aromatic heterocycles. The molecule has 1 saturated carbocycles. The van der Waals surface area contributed by atoms with E-state index in [-0.39, 0.29) is 5.78 Å². The van der Waals surface area contributed by atoms with Crippen molar-refractivity contribution in [2.24, 2.45) is 5.73 Å². The number of carbonyl (C=O) groups is 1. The molecule has 1 aliphatic rings. The van der Waals surface area contributed by atoms with Crippen molar-refractivity contribution in [1.29, 1.82) is 0 Å². The molecule has 3 rings (SSSR count). The van der Waals surface area contributed by atoms with Crippen LogP contribution in [0.5, 0.6) is 5.75 Å². The Morgan fingerprint density at radius 1 is 1.21 bits per heavy atom. The molecule has 1 aromatic carbocycles. The first-order valence-corrected chi connectivity index (χ1v) is 6.36. The van der Waals surface area contributed by atoms with Gasteiger partial charge in [0.25, 0.3) is 0 Å². The third-order valence-electron chi connectivity index (χ3n) is 3.03. The Balaban J connectivity index is 1.75. The number of ketones is 1. The molecule has 2 N–H and O–H groups in total. The molecule has 1 heterocycles. The van der Waals surface area contributed by atoms with Gasteiger partial charge in [-0.15, -0.1) is 0 Å². The maximum absolute atomic E-state index is 12.1. The molecule has 0 aliphatic heterocycles. The number of carbonyl (C=O) groups excluding carboxylic acids is 1. The van der Waals surface area contributed by atoms with Gasteiger partial charge in [0.2, 0.25) is 5.78 Å². The summed E-state index contributed by atoms with van der Waals surface area (Å²) in [6.07, 6.45) is 2.60. The summed E-state index contributed by atoms with van der Waals surface area (Å²) in [5.41, 5.74) is 6.04. The summed E-state index contributed by atoms with van der Waals surface area (Å²) in [5, 5.41) is 0. The summed E-state index contributed by atoms with van der Waals surface area (Å²) >= 11 is 0. The van der Waals surface area contributed by atoms with E-state index in [0.717, 1.165) is 18.6 Å². The Labute approximate surface area is 111 Å². The molecule has 1 aliphatic carbocycles. The van der Waals surface area contributed by atoms with Crippen molar-refractivity contribution < 1.29 is 13.9 Å². The first kappa shape index (κ1) is 12.0. The lowest BCUT2D eigenvalue weighted by Gasteiger charge is -2.04. The van der Waals surface area contributed by atoms with Crippen molar-refractivity contribution in [2.75, 3.05) is 0 Å². The number of ether oxygens (including phenoxy) is 1. The molecule has 0 radical (unpaired) electrons. The van der Waals surface area contributed by atoms with Crippen LogP contribution in [0.1, 0.15) is 34.7 Å². The second kappa shape index (κ2) is 4.90. The highest BCUT2D eigenvalue weighted by atomic mass is 16.5. The number of benzene rings is 1. The highest BCUT2D eigenvalue weighted by Crippen LogP contribution is 2.27. The van der Waals surface area contributed by atoms with Gasteiger partial charge < -0.3 is 14.9 Å². The molecular formula is C15H15NO3. The van der Waals surface area contributed by atoms with Crippen LogP contribution in [0, 0.1) is 0 Å². The van der Waals surface area contributed by atoms with Gasteiger partial charge in [0.05, 0.1) is 12.6 Å². The average Bonchev–Trinajstić information content (AvgIpc) is 3.12. The van der Waals surface area contributed by atoms with E-state index in [0.29, 0.717) is 29.7 Å². The fourth-order valence-corrected chi connectivity index (χ4v) is 1.82. The average molecular weight is 257 g/mol. The van der Waals surface area contributed by atoms with E-state index in [4.69, 9.17) is 14.9 Å². The zero-order valence-corrected chi connectivity index (χ0v) is 10.5. The quantitative estimate of drug-likeness (QED) is 0.836. The molecule has 2 aromatic rings. The summed E-state index contributed by atoms with van der Waals surface area (Å²) < 4.78 is 11.0. The smallest absolute Gasteiger partial charge is 0.228 e. The number of nitrogens with two attached hydrogens (primary N) is 1. The van der Waals surface area contributed by atoms with Gasteiger partial charge in [0.1, 0.15) is 11.5 Å². The Hall–Kier alpha value is -2.07. The summed E-state index contributed by atoms with van der Waals surface area (Å²) in [6.45, 7) is 0.293. The summed E-state index contributed by atoms with van der Waals surface area (Å²) in [5.74, 6) is 1.59. The lowest BCUT2D eigenvalue weighted by atomic mass is 10.1. The van der Waals surface area contributed by atoms with E-state index in [1.165, 1.54) is 0 Å². The molecule has 4 heteroatoms. The van der Waals surface area contributed by atoms with Crippen LogP contribution >= 0.6 is 0 Å². The Morgan fingerprint density at radius 2 is 1.95 bits per heavy atom. The first-order valence-electron chi connectivity index (χ1n) is 6.36. The first-order chi connectivity index (χ1) is 9.26. The lowest BCUT2D eigenvalue weighted by Crippen LogP contribution is -2.01. The van der Waals surface area contributed by atoms with Crippen LogP contribution in [0.15, 0.2) is 40.8 Å². The van der Waals surface area contributed by atoms with E-state index < -0.39 is 0 Å². The SMILES string of the molecule is NCc1ccc(C(=O)c2ccc(OC3CC3)cc2)o1. The fraction of sp³-hybridized carbons (Fsp3) is 0.267. The van der Waals surface area contributed by atoms with Crippen molar-refractivity contribution >= 4 is 5.78 Å². The number of hydrogen-bond acceptors (Lipinski definition) is 4. The van der Waals surface area contributed by atoms with Crippen molar-refractivity contribution in [1.82, 2.24) is 0 Å². The summed E-state index contributed by atoms with van der Waals surface area (Å²) in [6, 6.07) is 10.5. The molecule has 0 amide bonds. The Morgan fingerprint density at radius 3 is 2.53 bits per heavy atom. The maximum atomic E-state index is 12.1. The molecular weight excluding hydrogens is 242 g/mol. The van der Waals surface area contributed by atoms with E-state index in [9.17, 15) is 4.79 Å². The van der Waals surface area contributed by atoms with E-state index in [1.54, 1.807) is 24.3 Å². The zero-order chi connectivity index (χ0) is 13.2. The standard InChI is InChI=1S/C15H15NO3/c16-9-13-7-8-14(19-13)15(17)10-1-3-11(4-2-10)18-12-5-6-12/h1-4,7-8,12H,5-6,9,16H2. The molecule has 0 unspecified atom stereocenters. The topological polar surface area (TPSA) is 65.5 Å². The second-order valence-corrected chi connectivity index (χ2v) is 4.64. The highest BCUT2D eigenvalue weighted by Gasteiger charge is 2.23. The van der Waals surface area contributed by atoms with Gasteiger partial charge in [-0.05, 0) is 49.2 Å². The van der Waals surface area contributed by atoms with Crippen molar-refractivity contribution in [2.45, 2.75) is 25.5 Å². The van der Waals surface area contributed by atoms with Crippen molar-refractivity contribution in [3.63, 3.8) is 0 Å². The van der Waals surface area contributed by atoms with Gasteiger partial charge in [-0.2, -0.15) is 0 Å². The summed E-state index contributed by atoms with van der Waals surface area (Å²) in [4.78, 5) is 12.1. The van der Waals surface area contributed by atoms with E-state index in [1.807, 2.05) is 12.1 Å². The fourth-order valence-electron chi connectivity index (χ4n) is 1.82. The molecule has 0 bridgehead atoms. The predicted molar refractivity (Wildman–Crippen MR) is 70.1 cm³/mol. The number of rotatable bonds is 5. The Kier molecular flexibility index (Phi) is 3.09. The van der Waals surface area contributed by atoms with E-state index in [2.05, 4.69) is 0 Å². The van der Waals surface area contributed by atoms with Gasteiger partial charge in [-0.1, -0.05) is 0 Å². The molecule has 4 nitrogen and oxygen atoms in total. The van der Waals surface area contributed by atoms with Crippen LogP contribution in [0.25, 0.3) is 0 Å². The van der Waals surface area contributed by atoms with Crippen LogP contribution in [-0.4, -0.2) is 11.9 Å². The molecule has 19 heavy (non-hydrogen) atoms. The molecule has 1 fully saturated rings. The second-order valence-electron chi connectivity index (χ2n) is 4.64. The number of furan rings is 1. The van der Waals surface area contributed by atoms with Gasteiger partial charge in [0.15, 0.2) is 5.76 Å². The zero-order valence-electron chi connectivity index (χ0n) is 10.5. The van der Waals surface area contributed by atoms with Crippen molar-refractivity contribution in [3.05, 3.63) is 53.5 Å². The van der Waals surface area contributed by atoms with E-state index >= 15 is 0 Å². The minimum Gasteiger partial charge on any atom is -0.490 e. The summed E-state index contributed by atoms with van der Waals surface area (Å²) in [7, 11) is 0. The molecule has 98 valence electrons. The van der Waals surface area contributed by atoms with Gasteiger partial charge in [0, 0.05) is 5.56 Å². The predicted octanol–water partition coefficient (Wildman–Crippen LogP) is 2.51. The molecule has 0 saturated heterocycles. The van der Waals surface area contributed by atoms with Crippen LogP contribution < -0.4 is 10.5 Å².